The quantitative estimate of drug-likeness (QED) is 0.826. The zero-order valence-corrected chi connectivity index (χ0v) is 11.3. The molecule has 1 unspecified atom stereocenters. The lowest BCUT2D eigenvalue weighted by Crippen LogP contribution is -2.23. The van der Waals surface area contributed by atoms with E-state index in [1.807, 2.05) is 25.1 Å². The van der Waals surface area contributed by atoms with Gasteiger partial charge in [-0.25, -0.2) is 0 Å². The van der Waals surface area contributed by atoms with Gasteiger partial charge in [-0.1, -0.05) is 6.92 Å². The van der Waals surface area contributed by atoms with E-state index in [0.29, 0.717) is 19.8 Å². The maximum absolute atomic E-state index is 11.5. The molecule has 1 atom stereocenters. The molecule has 104 valence electrons. The molecule has 1 aliphatic rings. The molecular weight excluding hydrogens is 246 g/mol. The molecule has 2 rings (SSSR count). The van der Waals surface area contributed by atoms with Gasteiger partial charge in [0.15, 0.2) is 11.5 Å². The molecule has 0 amide bonds. The Kier molecular flexibility index (Phi) is 4.49. The van der Waals surface area contributed by atoms with Gasteiger partial charge in [0.2, 0.25) is 0 Å². The van der Waals surface area contributed by atoms with Crippen molar-refractivity contribution in [3.8, 4) is 11.5 Å². The highest BCUT2D eigenvalue weighted by atomic mass is 16.6. The first-order valence-corrected chi connectivity index (χ1v) is 6.46. The zero-order valence-electron chi connectivity index (χ0n) is 11.3. The van der Waals surface area contributed by atoms with E-state index in [1.165, 1.54) is 7.11 Å². The number of methoxy groups -OCH3 is 1. The predicted octanol–water partition coefficient (Wildman–Crippen LogP) is 2.07. The van der Waals surface area contributed by atoms with E-state index < -0.39 is 0 Å². The van der Waals surface area contributed by atoms with E-state index in [1.54, 1.807) is 0 Å². The van der Waals surface area contributed by atoms with Gasteiger partial charge >= 0.3 is 5.97 Å². The van der Waals surface area contributed by atoms with Crippen LogP contribution in [0, 0.1) is 5.92 Å². The second-order valence-electron chi connectivity index (χ2n) is 4.37. The smallest absolute Gasteiger partial charge is 0.310 e. The van der Waals surface area contributed by atoms with Crippen LogP contribution in [0.1, 0.15) is 13.3 Å². The number of fused-ring (bicyclic) bond motifs is 1. The first kappa shape index (κ1) is 13.5. The van der Waals surface area contributed by atoms with Gasteiger partial charge in [0, 0.05) is 18.3 Å². The van der Waals surface area contributed by atoms with Crippen LogP contribution in [0.5, 0.6) is 11.5 Å². The maximum atomic E-state index is 11.5. The first-order valence-electron chi connectivity index (χ1n) is 6.46. The van der Waals surface area contributed by atoms with Crippen LogP contribution in [-0.4, -0.2) is 32.8 Å². The van der Waals surface area contributed by atoms with Gasteiger partial charge in [-0.2, -0.15) is 0 Å². The number of ether oxygens (including phenoxy) is 3. The van der Waals surface area contributed by atoms with Crippen molar-refractivity contribution >= 4 is 11.7 Å². The average Bonchev–Trinajstić information content (AvgIpc) is 2.47. The summed E-state index contributed by atoms with van der Waals surface area (Å²) in [5, 5.41) is 3.22. The topological polar surface area (TPSA) is 56.8 Å². The lowest BCUT2D eigenvalue weighted by molar-refractivity contribution is -0.145. The molecule has 5 nitrogen and oxygen atoms in total. The zero-order chi connectivity index (χ0) is 13.7. The Bertz CT molecular complexity index is 447. The van der Waals surface area contributed by atoms with E-state index >= 15 is 0 Å². The van der Waals surface area contributed by atoms with E-state index in [2.05, 4.69) is 5.32 Å². The molecule has 0 aliphatic carbocycles. The van der Waals surface area contributed by atoms with Crippen molar-refractivity contribution in [1.82, 2.24) is 0 Å². The van der Waals surface area contributed by atoms with E-state index in [-0.39, 0.29) is 11.9 Å². The fraction of sp³-hybridized carbons (Fsp3) is 0.500. The molecule has 0 aromatic heterocycles. The summed E-state index contributed by atoms with van der Waals surface area (Å²) in [6.45, 7) is 3.66. The van der Waals surface area contributed by atoms with Crippen molar-refractivity contribution in [3.05, 3.63) is 18.2 Å². The lowest BCUT2D eigenvalue weighted by Gasteiger charge is -2.20. The number of esters is 1. The Balaban J connectivity index is 1.97. The number of carbonyl (C=O) groups is 1. The molecule has 0 fully saturated rings. The van der Waals surface area contributed by atoms with Crippen molar-refractivity contribution in [1.29, 1.82) is 0 Å². The summed E-state index contributed by atoms with van der Waals surface area (Å²) in [6, 6.07) is 5.67. The Labute approximate surface area is 112 Å². The number of carbonyl (C=O) groups excluding carboxylic acids is 1. The molecule has 0 saturated heterocycles. The third-order valence-corrected chi connectivity index (χ3v) is 3.12. The largest absolute Gasteiger partial charge is 0.486 e. The summed E-state index contributed by atoms with van der Waals surface area (Å²) in [7, 11) is 1.41. The van der Waals surface area contributed by atoms with Crippen LogP contribution in [0.15, 0.2) is 18.2 Å². The molecule has 0 saturated carbocycles. The fourth-order valence-corrected chi connectivity index (χ4v) is 1.96. The summed E-state index contributed by atoms with van der Waals surface area (Å²) in [4.78, 5) is 11.5. The van der Waals surface area contributed by atoms with Crippen molar-refractivity contribution in [2.45, 2.75) is 13.3 Å². The Hall–Kier alpha value is -1.91. The molecule has 1 aliphatic heterocycles. The van der Waals surface area contributed by atoms with Gasteiger partial charge in [0.25, 0.3) is 0 Å². The van der Waals surface area contributed by atoms with Crippen LogP contribution in [0.25, 0.3) is 0 Å². The first-order chi connectivity index (χ1) is 9.24. The van der Waals surface area contributed by atoms with E-state index in [4.69, 9.17) is 14.2 Å². The summed E-state index contributed by atoms with van der Waals surface area (Å²) >= 11 is 0. The monoisotopic (exact) mass is 265 g/mol. The molecule has 0 radical (unpaired) electrons. The van der Waals surface area contributed by atoms with Crippen molar-refractivity contribution in [2.24, 2.45) is 5.92 Å². The highest BCUT2D eigenvalue weighted by Crippen LogP contribution is 2.32. The van der Waals surface area contributed by atoms with Crippen molar-refractivity contribution in [2.75, 3.05) is 32.2 Å². The minimum Gasteiger partial charge on any atom is -0.486 e. The number of hydrogen-bond donors (Lipinski definition) is 1. The van der Waals surface area contributed by atoms with Gasteiger partial charge in [0.05, 0.1) is 13.0 Å². The normalized spacial score (nSPS) is 14.6. The number of rotatable bonds is 5. The highest BCUT2D eigenvalue weighted by Gasteiger charge is 2.17. The number of benzene rings is 1. The van der Waals surface area contributed by atoms with Crippen LogP contribution in [0.3, 0.4) is 0 Å². The van der Waals surface area contributed by atoms with E-state index in [0.717, 1.165) is 23.6 Å². The predicted molar refractivity (Wildman–Crippen MR) is 71.7 cm³/mol. The molecule has 0 bridgehead atoms. The third kappa shape index (κ3) is 3.30. The van der Waals surface area contributed by atoms with Crippen LogP contribution in [0.2, 0.25) is 0 Å². The summed E-state index contributed by atoms with van der Waals surface area (Å²) < 4.78 is 15.7. The Morgan fingerprint density at radius 2 is 2.11 bits per heavy atom. The summed E-state index contributed by atoms with van der Waals surface area (Å²) in [5.74, 6) is 1.17. The lowest BCUT2D eigenvalue weighted by atomic mass is 10.1. The molecule has 5 heteroatoms. The third-order valence-electron chi connectivity index (χ3n) is 3.12. The second-order valence-corrected chi connectivity index (χ2v) is 4.37. The number of hydrogen-bond acceptors (Lipinski definition) is 5. The van der Waals surface area contributed by atoms with Gasteiger partial charge in [0.1, 0.15) is 13.2 Å². The average molecular weight is 265 g/mol. The van der Waals surface area contributed by atoms with Gasteiger partial charge in [-0.05, 0) is 18.6 Å². The van der Waals surface area contributed by atoms with E-state index in [9.17, 15) is 4.79 Å². The number of nitrogens with one attached hydrogen (secondary N) is 1. The van der Waals surface area contributed by atoms with Crippen LogP contribution < -0.4 is 14.8 Å². The molecule has 1 N–H and O–H groups in total. The van der Waals surface area contributed by atoms with Crippen LogP contribution >= 0.6 is 0 Å². The van der Waals surface area contributed by atoms with Crippen LogP contribution in [-0.2, 0) is 9.53 Å². The molecule has 19 heavy (non-hydrogen) atoms. The maximum Gasteiger partial charge on any atom is 0.310 e. The minimum atomic E-state index is -0.187. The molecule has 0 spiro atoms. The molecule has 1 aromatic rings. The summed E-state index contributed by atoms with van der Waals surface area (Å²) in [5.41, 5.74) is 0.909. The van der Waals surface area contributed by atoms with Gasteiger partial charge in [-0.3, -0.25) is 4.79 Å². The minimum absolute atomic E-state index is 0.141. The SMILES string of the molecule is CCC(CNc1ccc2c(c1)OCCO2)C(=O)OC. The summed E-state index contributed by atoms with van der Waals surface area (Å²) in [6.07, 6.45) is 0.740. The molecule has 1 heterocycles. The van der Waals surface area contributed by atoms with Gasteiger partial charge < -0.3 is 19.5 Å². The standard InChI is InChI=1S/C14H19NO4/c1-3-10(14(16)17-2)9-15-11-4-5-12-13(8-11)19-7-6-18-12/h4-5,8,10,15H,3,6-7,9H2,1-2H3. The van der Waals surface area contributed by atoms with Crippen molar-refractivity contribution < 1.29 is 19.0 Å². The Morgan fingerprint density at radius 3 is 2.79 bits per heavy atom. The van der Waals surface area contributed by atoms with Crippen LogP contribution in [0.4, 0.5) is 5.69 Å². The molecular formula is C14H19NO4. The molecule has 1 aromatic carbocycles. The Morgan fingerprint density at radius 1 is 1.37 bits per heavy atom. The number of anilines is 1. The second kappa shape index (κ2) is 6.31. The van der Waals surface area contributed by atoms with Crippen molar-refractivity contribution in [3.63, 3.8) is 0 Å². The fourth-order valence-electron chi connectivity index (χ4n) is 1.96. The highest BCUT2D eigenvalue weighted by molar-refractivity contribution is 5.73. The van der Waals surface area contributed by atoms with Gasteiger partial charge in [-0.15, -0.1) is 0 Å².